The van der Waals surface area contributed by atoms with Gasteiger partial charge in [0.05, 0.1) is 18.8 Å². The van der Waals surface area contributed by atoms with Crippen molar-refractivity contribution in [2.45, 2.75) is 57.0 Å². The van der Waals surface area contributed by atoms with E-state index in [1.165, 1.54) is 31.0 Å². The van der Waals surface area contributed by atoms with Gasteiger partial charge in [0.15, 0.2) is 0 Å². The van der Waals surface area contributed by atoms with Gasteiger partial charge in [0.2, 0.25) is 0 Å². The first-order valence-electron chi connectivity index (χ1n) is 16.1. The number of aromatic nitrogens is 1. The van der Waals surface area contributed by atoms with Gasteiger partial charge in [-0.05, 0) is 66.6 Å². The number of nitrogens with one attached hydrogen (secondary N) is 2. The van der Waals surface area contributed by atoms with Crippen LogP contribution in [0, 0.1) is 0 Å². The summed E-state index contributed by atoms with van der Waals surface area (Å²) < 4.78 is 35.9. The number of ether oxygens (including phenoxy) is 1. The lowest BCUT2D eigenvalue weighted by Crippen LogP contribution is -2.56. The zero-order valence-electron chi connectivity index (χ0n) is 27.1. The zero-order chi connectivity index (χ0) is 33.5. The molecular weight excluding hydrogens is 622 g/mol. The Hall–Kier alpha value is -4.30. The maximum absolute atomic E-state index is 13.6. The van der Waals surface area contributed by atoms with Crippen LogP contribution in [0.4, 0.5) is 9.59 Å². The summed E-state index contributed by atoms with van der Waals surface area (Å²) in [5.41, 5.74) is 10.9. The third kappa shape index (κ3) is 6.48. The molecule has 13 nitrogen and oxygen atoms in total. The predicted octanol–water partition coefficient (Wildman–Crippen LogP) is 3.23. The minimum atomic E-state index is -3.99. The molecule has 47 heavy (non-hydrogen) atoms. The average molecular weight is 666 g/mol. The molecule has 2 fully saturated rings. The highest BCUT2D eigenvalue weighted by molar-refractivity contribution is 7.87. The van der Waals surface area contributed by atoms with Crippen molar-refractivity contribution >= 4 is 39.1 Å². The van der Waals surface area contributed by atoms with Gasteiger partial charge >= 0.3 is 22.3 Å². The van der Waals surface area contributed by atoms with Gasteiger partial charge in [-0.2, -0.15) is 12.7 Å². The summed E-state index contributed by atoms with van der Waals surface area (Å²) in [7, 11) is 0.372. The Bertz CT molecular complexity index is 1810. The van der Waals surface area contributed by atoms with E-state index in [0.717, 1.165) is 63.5 Å². The van der Waals surface area contributed by atoms with Crippen LogP contribution < -0.4 is 20.5 Å². The highest BCUT2D eigenvalue weighted by Gasteiger charge is 2.33. The number of primary amides is 1. The average Bonchev–Trinajstić information content (AvgIpc) is 3.28. The Balaban J connectivity index is 1.45. The molecule has 3 aromatic rings. The van der Waals surface area contributed by atoms with E-state index >= 15 is 0 Å². The van der Waals surface area contributed by atoms with Crippen molar-refractivity contribution in [2.75, 3.05) is 47.4 Å². The van der Waals surface area contributed by atoms with Crippen molar-refractivity contribution < 1.29 is 27.5 Å². The molecule has 1 atom stereocenters. The van der Waals surface area contributed by atoms with Gasteiger partial charge in [0.25, 0.3) is 5.91 Å². The second-order valence-electron chi connectivity index (χ2n) is 12.8. The topological polar surface area (TPSA) is 159 Å². The van der Waals surface area contributed by atoms with Crippen LogP contribution in [-0.4, -0.2) is 98.5 Å². The van der Waals surface area contributed by atoms with Crippen LogP contribution in [0.1, 0.15) is 59.5 Å². The molecule has 0 bridgehead atoms. The van der Waals surface area contributed by atoms with Gasteiger partial charge in [-0.15, -0.1) is 0 Å². The fourth-order valence-corrected chi connectivity index (χ4v) is 7.74. The van der Waals surface area contributed by atoms with Crippen molar-refractivity contribution in [3.63, 3.8) is 0 Å². The SMILES string of the molecule is COc1ccc2c(c1)CC(NC(=O)N1CCN(C(N)=O)CC1)Cn1c-2c(C2CCCCC2)c2ccc(C(=O)NS(=O)(=O)N(C)C)cc21. The molecule has 1 aromatic heterocycles. The highest BCUT2D eigenvalue weighted by atomic mass is 32.2. The molecule has 1 aliphatic carbocycles. The Morgan fingerprint density at radius 1 is 0.957 bits per heavy atom. The highest BCUT2D eigenvalue weighted by Crippen LogP contribution is 2.46. The molecule has 1 saturated heterocycles. The van der Waals surface area contributed by atoms with E-state index in [1.54, 1.807) is 24.1 Å². The summed E-state index contributed by atoms with van der Waals surface area (Å²) in [5, 5.41) is 4.28. The molecule has 0 spiro atoms. The molecular formula is C33H43N7O6S. The molecule has 14 heteroatoms. The number of nitrogens with two attached hydrogens (primary N) is 1. The molecule has 6 rings (SSSR count). The van der Waals surface area contributed by atoms with E-state index in [2.05, 4.69) is 20.7 Å². The smallest absolute Gasteiger partial charge is 0.317 e. The molecule has 1 saturated carbocycles. The number of amides is 5. The van der Waals surface area contributed by atoms with Crippen LogP contribution in [0.25, 0.3) is 22.2 Å². The van der Waals surface area contributed by atoms with E-state index in [-0.39, 0.29) is 17.6 Å². The standard InChI is InChI=1S/C33H43N7O6S/c1-37(2)47(44,45)36-31(41)22-9-11-27-28(19-22)40-20-24(35-33(43)39-15-13-38(14-16-39)32(34)42)17-23-18-25(46-3)10-12-26(23)30(40)29(27)21-7-5-4-6-8-21/h9-12,18-19,21,24H,4-8,13-17,20H2,1-3H3,(H2,34,42)(H,35,43)(H,36,41). The monoisotopic (exact) mass is 665 g/mol. The number of hydrogen-bond donors (Lipinski definition) is 3. The number of methoxy groups -OCH3 is 1. The molecule has 2 aliphatic heterocycles. The van der Waals surface area contributed by atoms with Crippen molar-refractivity contribution in [1.29, 1.82) is 0 Å². The van der Waals surface area contributed by atoms with E-state index < -0.39 is 22.1 Å². The number of fused-ring (bicyclic) bond motifs is 5. The van der Waals surface area contributed by atoms with Crippen LogP contribution in [0.3, 0.4) is 0 Å². The molecule has 3 heterocycles. The number of carbonyl (C=O) groups is 3. The minimum Gasteiger partial charge on any atom is -0.497 e. The van der Waals surface area contributed by atoms with Crippen LogP contribution in [-0.2, 0) is 23.2 Å². The summed E-state index contributed by atoms with van der Waals surface area (Å²) in [6.45, 7) is 1.94. The summed E-state index contributed by atoms with van der Waals surface area (Å²) in [6.07, 6.45) is 6.13. The van der Waals surface area contributed by atoms with Crippen molar-refractivity contribution in [2.24, 2.45) is 5.73 Å². The molecule has 4 N–H and O–H groups in total. The van der Waals surface area contributed by atoms with Crippen molar-refractivity contribution in [3.8, 4) is 17.0 Å². The van der Waals surface area contributed by atoms with E-state index in [4.69, 9.17) is 10.5 Å². The second-order valence-corrected chi connectivity index (χ2v) is 14.7. The molecule has 2 aromatic carbocycles. The van der Waals surface area contributed by atoms with Gasteiger partial charge in [0, 0.05) is 68.8 Å². The molecule has 5 amide bonds. The molecule has 3 aliphatic rings. The largest absolute Gasteiger partial charge is 0.497 e. The van der Waals surface area contributed by atoms with Crippen LogP contribution in [0.5, 0.6) is 5.75 Å². The van der Waals surface area contributed by atoms with Crippen LogP contribution >= 0.6 is 0 Å². The summed E-state index contributed by atoms with van der Waals surface area (Å²) >= 11 is 0. The van der Waals surface area contributed by atoms with Gasteiger partial charge < -0.3 is 30.2 Å². The number of benzene rings is 2. The lowest BCUT2D eigenvalue weighted by molar-refractivity contribution is 0.0979. The number of carbonyl (C=O) groups excluding carboxylic acids is 3. The van der Waals surface area contributed by atoms with Gasteiger partial charge in [-0.25, -0.2) is 14.3 Å². The Morgan fingerprint density at radius 3 is 2.32 bits per heavy atom. The lowest BCUT2D eigenvalue weighted by atomic mass is 9.81. The quantitative estimate of drug-likeness (QED) is 0.367. The normalized spacial score (nSPS) is 18.8. The minimum absolute atomic E-state index is 0.218. The van der Waals surface area contributed by atoms with E-state index in [9.17, 15) is 22.8 Å². The number of nitrogens with zero attached hydrogens (tertiary/aromatic N) is 4. The number of urea groups is 2. The van der Waals surface area contributed by atoms with Crippen LogP contribution in [0.2, 0.25) is 0 Å². The lowest BCUT2D eigenvalue weighted by Gasteiger charge is -2.34. The maximum atomic E-state index is 13.6. The fraction of sp³-hybridized carbons (Fsp3) is 0.485. The predicted molar refractivity (Wildman–Crippen MR) is 179 cm³/mol. The maximum Gasteiger partial charge on any atom is 0.317 e. The Labute approximate surface area is 275 Å². The number of rotatable bonds is 6. The molecule has 0 radical (unpaired) electrons. The van der Waals surface area contributed by atoms with E-state index in [0.29, 0.717) is 45.1 Å². The summed E-state index contributed by atoms with van der Waals surface area (Å²) in [4.78, 5) is 41.7. The Morgan fingerprint density at radius 2 is 1.66 bits per heavy atom. The first-order chi connectivity index (χ1) is 22.5. The van der Waals surface area contributed by atoms with E-state index in [1.807, 2.05) is 18.2 Å². The summed E-state index contributed by atoms with van der Waals surface area (Å²) in [5.74, 6) is 0.328. The second kappa shape index (κ2) is 13.1. The third-order valence-corrected chi connectivity index (χ3v) is 11.1. The van der Waals surface area contributed by atoms with Crippen LogP contribution in [0.15, 0.2) is 36.4 Å². The third-order valence-electron chi connectivity index (χ3n) is 9.72. The fourth-order valence-electron chi connectivity index (χ4n) is 7.21. The molecule has 1 unspecified atom stereocenters. The summed E-state index contributed by atoms with van der Waals surface area (Å²) in [6, 6.07) is 10.4. The van der Waals surface area contributed by atoms with Gasteiger partial charge in [0.1, 0.15) is 5.75 Å². The molecule has 252 valence electrons. The first-order valence-corrected chi connectivity index (χ1v) is 17.6. The van der Waals surface area contributed by atoms with Gasteiger partial charge in [-0.3, -0.25) is 4.79 Å². The van der Waals surface area contributed by atoms with Crippen molar-refractivity contribution in [1.82, 2.24) is 28.7 Å². The van der Waals surface area contributed by atoms with Gasteiger partial charge in [-0.1, -0.05) is 25.3 Å². The number of piperazine rings is 1. The Kier molecular flexibility index (Phi) is 9.07. The first kappa shape index (κ1) is 32.6. The number of hydrogen-bond acceptors (Lipinski definition) is 6. The zero-order valence-corrected chi connectivity index (χ0v) is 27.9. The van der Waals surface area contributed by atoms with Crippen molar-refractivity contribution in [3.05, 3.63) is 53.1 Å².